The van der Waals surface area contributed by atoms with Crippen molar-refractivity contribution in [1.82, 2.24) is 10.3 Å². The summed E-state index contributed by atoms with van der Waals surface area (Å²) in [6, 6.07) is 18.6. The zero-order valence-electron chi connectivity index (χ0n) is 15.4. The third kappa shape index (κ3) is 6.01. The summed E-state index contributed by atoms with van der Waals surface area (Å²) in [7, 11) is 0. The van der Waals surface area contributed by atoms with E-state index in [1.165, 1.54) is 11.1 Å². The quantitative estimate of drug-likeness (QED) is 0.566. The molecule has 1 atom stereocenters. The number of aromatic nitrogens is 1. The molecule has 0 aliphatic carbocycles. The van der Waals surface area contributed by atoms with Gasteiger partial charge in [0.05, 0.1) is 5.69 Å². The van der Waals surface area contributed by atoms with E-state index in [0.717, 1.165) is 22.7 Å². The second kappa shape index (κ2) is 9.44. The Bertz CT molecular complexity index is 860. The normalized spacial score (nSPS) is 12.0. The van der Waals surface area contributed by atoms with Crippen LogP contribution >= 0.6 is 11.3 Å². The van der Waals surface area contributed by atoms with Gasteiger partial charge in [0, 0.05) is 30.0 Å². The van der Waals surface area contributed by atoms with Crippen molar-refractivity contribution in [2.45, 2.75) is 38.8 Å². The molecule has 0 aliphatic heterocycles. The van der Waals surface area contributed by atoms with E-state index in [4.69, 9.17) is 10.1 Å². The molecule has 1 aromatic heterocycles. The van der Waals surface area contributed by atoms with Crippen molar-refractivity contribution in [1.29, 1.82) is 0 Å². The van der Waals surface area contributed by atoms with Crippen molar-refractivity contribution in [3.05, 3.63) is 76.8 Å². The Morgan fingerprint density at radius 1 is 1.15 bits per heavy atom. The van der Waals surface area contributed by atoms with Gasteiger partial charge in [0.15, 0.2) is 0 Å². The van der Waals surface area contributed by atoms with Gasteiger partial charge < -0.3 is 10.4 Å². The molecule has 140 valence electrons. The molecule has 5 heteroatoms. The first-order valence-electron chi connectivity index (χ1n) is 9.10. The SMILES string of the molecule is Cc1ccc(-c2nc(CNC(CCC(=O)O)Cc3ccccc3)cs2)cc1. The van der Waals surface area contributed by atoms with Crippen LogP contribution in [0.3, 0.4) is 0 Å². The number of carboxylic acids is 1. The molecule has 0 bridgehead atoms. The zero-order valence-corrected chi connectivity index (χ0v) is 16.2. The standard InChI is InChI=1S/C22H24N2O2S/c1-16-7-9-18(10-8-16)22-24-20(15-27-22)14-23-19(11-12-21(25)26)13-17-5-3-2-4-6-17/h2-10,15,19,23H,11-14H2,1H3,(H,25,26). The molecule has 3 rings (SSSR count). The summed E-state index contributed by atoms with van der Waals surface area (Å²) in [6.07, 6.45) is 1.57. The molecular formula is C22H24N2O2S. The van der Waals surface area contributed by atoms with Crippen molar-refractivity contribution < 1.29 is 9.90 Å². The van der Waals surface area contributed by atoms with Crippen molar-refractivity contribution >= 4 is 17.3 Å². The lowest BCUT2D eigenvalue weighted by Gasteiger charge is -2.17. The van der Waals surface area contributed by atoms with Crippen LogP contribution in [0.15, 0.2) is 60.0 Å². The molecule has 27 heavy (non-hydrogen) atoms. The van der Waals surface area contributed by atoms with E-state index in [1.807, 2.05) is 18.2 Å². The van der Waals surface area contributed by atoms with Crippen LogP contribution < -0.4 is 5.32 Å². The van der Waals surface area contributed by atoms with Gasteiger partial charge >= 0.3 is 5.97 Å². The van der Waals surface area contributed by atoms with Gasteiger partial charge in [-0.25, -0.2) is 4.98 Å². The summed E-state index contributed by atoms with van der Waals surface area (Å²) in [5.41, 5.74) is 4.56. The van der Waals surface area contributed by atoms with Crippen molar-refractivity contribution in [2.24, 2.45) is 0 Å². The van der Waals surface area contributed by atoms with Crippen LogP contribution in [0.2, 0.25) is 0 Å². The minimum atomic E-state index is -0.759. The average Bonchev–Trinajstić information content (AvgIpc) is 3.14. The number of carbonyl (C=O) groups is 1. The van der Waals surface area contributed by atoms with Crippen LogP contribution in [0.5, 0.6) is 0 Å². The average molecular weight is 381 g/mol. The van der Waals surface area contributed by atoms with E-state index in [9.17, 15) is 4.79 Å². The fourth-order valence-electron chi connectivity index (χ4n) is 2.94. The minimum absolute atomic E-state index is 0.105. The number of hydrogen-bond donors (Lipinski definition) is 2. The molecule has 0 fully saturated rings. The fourth-order valence-corrected chi connectivity index (χ4v) is 3.76. The Labute approximate surface area is 163 Å². The molecule has 0 amide bonds. The summed E-state index contributed by atoms with van der Waals surface area (Å²) >= 11 is 1.64. The van der Waals surface area contributed by atoms with Gasteiger partial charge in [-0.05, 0) is 25.3 Å². The highest BCUT2D eigenvalue weighted by molar-refractivity contribution is 7.13. The summed E-state index contributed by atoms with van der Waals surface area (Å²) in [6.45, 7) is 2.71. The third-order valence-electron chi connectivity index (χ3n) is 4.45. The Kier molecular flexibility index (Phi) is 6.74. The van der Waals surface area contributed by atoms with E-state index < -0.39 is 5.97 Å². The Hall–Kier alpha value is -2.50. The molecule has 1 unspecified atom stereocenters. The topological polar surface area (TPSA) is 62.2 Å². The summed E-state index contributed by atoms with van der Waals surface area (Å²) in [5, 5.41) is 15.6. The van der Waals surface area contributed by atoms with Gasteiger partial charge in [0.25, 0.3) is 0 Å². The van der Waals surface area contributed by atoms with E-state index in [-0.39, 0.29) is 12.5 Å². The molecule has 0 radical (unpaired) electrons. The van der Waals surface area contributed by atoms with Crippen molar-refractivity contribution in [3.63, 3.8) is 0 Å². The van der Waals surface area contributed by atoms with Crippen LogP contribution in [-0.2, 0) is 17.8 Å². The molecule has 3 aromatic rings. The molecule has 0 saturated heterocycles. The first kappa shape index (κ1) is 19.3. The lowest BCUT2D eigenvalue weighted by Crippen LogP contribution is -2.31. The number of aryl methyl sites for hydroxylation is 1. The molecule has 0 saturated carbocycles. The highest BCUT2D eigenvalue weighted by Gasteiger charge is 2.13. The molecule has 0 spiro atoms. The van der Waals surface area contributed by atoms with Crippen LogP contribution in [0.25, 0.3) is 10.6 Å². The first-order valence-corrected chi connectivity index (χ1v) is 9.98. The second-order valence-electron chi connectivity index (χ2n) is 6.71. The molecule has 4 nitrogen and oxygen atoms in total. The maximum absolute atomic E-state index is 11.0. The van der Waals surface area contributed by atoms with Crippen LogP contribution in [0, 0.1) is 6.92 Å². The monoisotopic (exact) mass is 380 g/mol. The number of nitrogens with zero attached hydrogens (tertiary/aromatic N) is 1. The van der Waals surface area contributed by atoms with Gasteiger partial charge in [-0.3, -0.25) is 4.79 Å². The molecular weight excluding hydrogens is 356 g/mol. The second-order valence-corrected chi connectivity index (χ2v) is 7.57. The van der Waals surface area contributed by atoms with E-state index in [0.29, 0.717) is 13.0 Å². The summed E-state index contributed by atoms with van der Waals surface area (Å²) in [4.78, 5) is 15.7. The van der Waals surface area contributed by atoms with E-state index in [1.54, 1.807) is 11.3 Å². The highest BCUT2D eigenvalue weighted by Crippen LogP contribution is 2.24. The number of carboxylic acid groups (broad SMARTS) is 1. The van der Waals surface area contributed by atoms with Crippen LogP contribution in [0.1, 0.15) is 29.7 Å². The maximum atomic E-state index is 11.0. The maximum Gasteiger partial charge on any atom is 0.303 e. The summed E-state index contributed by atoms with van der Waals surface area (Å²) < 4.78 is 0. The largest absolute Gasteiger partial charge is 0.481 e. The van der Waals surface area contributed by atoms with Gasteiger partial charge in [0.2, 0.25) is 0 Å². The lowest BCUT2D eigenvalue weighted by atomic mass is 10.0. The Balaban J connectivity index is 1.62. The predicted octanol–water partition coefficient (Wildman–Crippen LogP) is 4.68. The number of nitrogens with one attached hydrogen (secondary N) is 1. The smallest absolute Gasteiger partial charge is 0.303 e. The Morgan fingerprint density at radius 2 is 1.89 bits per heavy atom. The van der Waals surface area contributed by atoms with Gasteiger partial charge in [0.1, 0.15) is 5.01 Å². The van der Waals surface area contributed by atoms with Crippen LogP contribution in [0.4, 0.5) is 0 Å². The van der Waals surface area contributed by atoms with Gasteiger partial charge in [-0.1, -0.05) is 60.2 Å². The van der Waals surface area contributed by atoms with E-state index in [2.05, 4.69) is 54.0 Å². The number of aliphatic carboxylic acids is 1. The van der Waals surface area contributed by atoms with E-state index >= 15 is 0 Å². The molecule has 2 aromatic carbocycles. The predicted molar refractivity (Wildman–Crippen MR) is 110 cm³/mol. The fraction of sp³-hybridized carbons (Fsp3) is 0.273. The summed E-state index contributed by atoms with van der Waals surface area (Å²) in [5.74, 6) is -0.759. The van der Waals surface area contributed by atoms with Crippen LogP contribution in [-0.4, -0.2) is 22.1 Å². The molecule has 1 heterocycles. The van der Waals surface area contributed by atoms with Crippen molar-refractivity contribution in [2.75, 3.05) is 0 Å². The minimum Gasteiger partial charge on any atom is -0.481 e. The number of rotatable bonds is 9. The Morgan fingerprint density at radius 3 is 2.59 bits per heavy atom. The molecule has 2 N–H and O–H groups in total. The lowest BCUT2D eigenvalue weighted by molar-refractivity contribution is -0.137. The van der Waals surface area contributed by atoms with Crippen molar-refractivity contribution in [3.8, 4) is 10.6 Å². The first-order chi connectivity index (χ1) is 13.1. The molecule has 0 aliphatic rings. The highest BCUT2D eigenvalue weighted by atomic mass is 32.1. The van der Waals surface area contributed by atoms with Gasteiger partial charge in [-0.15, -0.1) is 11.3 Å². The number of hydrogen-bond acceptors (Lipinski definition) is 4. The number of benzene rings is 2. The number of thiazole rings is 1. The van der Waals surface area contributed by atoms with Gasteiger partial charge in [-0.2, -0.15) is 0 Å². The third-order valence-corrected chi connectivity index (χ3v) is 5.39. The zero-order chi connectivity index (χ0) is 19.1.